The van der Waals surface area contributed by atoms with Crippen molar-refractivity contribution in [2.24, 2.45) is 5.41 Å². The molecular weight excluding hydrogens is 595 g/mol. The molecule has 0 N–H and O–H groups in total. The van der Waals surface area contributed by atoms with Crippen molar-refractivity contribution in [3.63, 3.8) is 0 Å². The van der Waals surface area contributed by atoms with Crippen LogP contribution in [0.5, 0.6) is 0 Å². The zero-order valence-electron chi connectivity index (χ0n) is 30.9. The van der Waals surface area contributed by atoms with Gasteiger partial charge < -0.3 is 9.80 Å². The fourth-order valence-electron chi connectivity index (χ4n) is 5.37. The van der Waals surface area contributed by atoms with Gasteiger partial charge in [-0.2, -0.15) is 0 Å². The Hall–Kier alpha value is -5.15. The van der Waals surface area contributed by atoms with Gasteiger partial charge in [0.05, 0.1) is 11.9 Å². The molecule has 1 heterocycles. The van der Waals surface area contributed by atoms with E-state index < -0.39 is 0 Å². The average molecular weight is 648 g/mol. The van der Waals surface area contributed by atoms with Crippen molar-refractivity contribution in [2.75, 3.05) is 9.80 Å². The van der Waals surface area contributed by atoms with Crippen molar-refractivity contribution in [3.8, 4) is 0 Å². The molecule has 3 nitrogen and oxygen atoms in total. The van der Waals surface area contributed by atoms with Crippen LogP contribution in [0, 0.1) is 19.3 Å². The SMILES string of the molecule is C=C/C(=C\C=C\N(c1ccc(C(C)(C)C)cc1)c1ccc(C)nc1)c1ccc(N(/C=C/C=C(\C=C/C)C(C)(C)C)c2ccc(C)cc2)cc1. The summed E-state index contributed by atoms with van der Waals surface area (Å²) in [4.78, 5) is 8.96. The van der Waals surface area contributed by atoms with Crippen LogP contribution in [-0.2, 0) is 5.41 Å². The monoisotopic (exact) mass is 647 g/mol. The summed E-state index contributed by atoms with van der Waals surface area (Å²) in [7, 11) is 0. The van der Waals surface area contributed by atoms with E-state index in [4.69, 9.17) is 0 Å². The normalized spacial score (nSPS) is 13.1. The number of nitrogens with zero attached hydrogens (tertiary/aromatic N) is 3. The van der Waals surface area contributed by atoms with Crippen molar-refractivity contribution in [2.45, 2.75) is 67.7 Å². The third-order valence-corrected chi connectivity index (χ3v) is 8.43. The number of hydrogen-bond donors (Lipinski definition) is 0. The Balaban J connectivity index is 1.65. The maximum Gasteiger partial charge on any atom is 0.0639 e. The third kappa shape index (κ3) is 10.2. The van der Waals surface area contributed by atoms with E-state index in [-0.39, 0.29) is 10.8 Å². The maximum absolute atomic E-state index is 4.56. The standard InChI is InChI=1S/C46H53N3/c1-11-15-39(45(5,6)7)17-14-33-48(41-25-18-35(3)19-26-41)42-28-21-38(22-29-42)37(12-2)16-13-32-49(44-27-20-36(4)47-34-44)43-30-23-40(24-31-43)46(8,9)10/h11-34H,2H2,1,3-10H3/b15-11-,32-13+,33-14+,37-16+,39-17+. The topological polar surface area (TPSA) is 19.4 Å². The maximum atomic E-state index is 4.56. The fourth-order valence-corrected chi connectivity index (χ4v) is 5.37. The van der Waals surface area contributed by atoms with Gasteiger partial charge in [0.1, 0.15) is 0 Å². The van der Waals surface area contributed by atoms with Gasteiger partial charge in [0.15, 0.2) is 0 Å². The molecule has 0 spiro atoms. The first-order chi connectivity index (χ1) is 23.3. The molecule has 1 aromatic heterocycles. The molecule has 0 unspecified atom stereocenters. The van der Waals surface area contributed by atoms with E-state index in [9.17, 15) is 0 Å². The molecule has 4 rings (SSSR count). The van der Waals surface area contributed by atoms with Crippen molar-refractivity contribution in [1.82, 2.24) is 4.98 Å². The van der Waals surface area contributed by atoms with Gasteiger partial charge in [0.25, 0.3) is 0 Å². The Kier molecular flexibility index (Phi) is 12.2. The lowest BCUT2D eigenvalue weighted by atomic mass is 9.86. The minimum Gasteiger partial charge on any atom is -0.317 e. The molecule has 0 fully saturated rings. The van der Waals surface area contributed by atoms with Gasteiger partial charge in [0.2, 0.25) is 0 Å². The molecule has 0 aliphatic heterocycles. The Labute approximate surface area is 296 Å². The van der Waals surface area contributed by atoms with Crippen LogP contribution >= 0.6 is 0 Å². The van der Waals surface area contributed by atoms with Gasteiger partial charge in [-0.15, -0.1) is 0 Å². The van der Waals surface area contributed by atoms with E-state index in [0.29, 0.717) is 0 Å². The van der Waals surface area contributed by atoms with E-state index in [2.05, 4.69) is 204 Å². The highest BCUT2D eigenvalue weighted by Crippen LogP contribution is 2.32. The van der Waals surface area contributed by atoms with Crippen LogP contribution < -0.4 is 9.80 Å². The zero-order chi connectivity index (χ0) is 35.6. The molecule has 0 aliphatic carbocycles. The summed E-state index contributed by atoms with van der Waals surface area (Å²) in [5.74, 6) is 0. The molecule has 3 aromatic carbocycles. The first-order valence-corrected chi connectivity index (χ1v) is 17.1. The van der Waals surface area contributed by atoms with Gasteiger partial charge in [-0.05, 0) is 115 Å². The number of aryl methyl sites for hydroxylation is 2. The fraction of sp³-hybridized carbons (Fsp3) is 0.239. The lowest BCUT2D eigenvalue weighted by Gasteiger charge is -2.23. The molecule has 0 aliphatic rings. The van der Waals surface area contributed by atoms with Crippen molar-refractivity contribution < 1.29 is 0 Å². The molecule has 49 heavy (non-hydrogen) atoms. The van der Waals surface area contributed by atoms with Crippen LogP contribution in [-0.4, -0.2) is 4.98 Å². The van der Waals surface area contributed by atoms with E-state index in [1.165, 1.54) is 16.7 Å². The lowest BCUT2D eigenvalue weighted by Crippen LogP contribution is -2.12. The number of pyridine rings is 1. The average Bonchev–Trinajstić information content (AvgIpc) is 3.07. The van der Waals surface area contributed by atoms with Crippen molar-refractivity contribution >= 4 is 28.3 Å². The molecule has 0 saturated carbocycles. The van der Waals surface area contributed by atoms with Gasteiger partial charge >= 0.3 is 0 Å². The van der Waals surface area contributed by atoms with E-state index in [1.54, 1.807) is 0 Å². The summed E-state index contributed by atoms with van der Waals surface area (Å²) in [5.41, 5.74) is 11.3. The number of anilines is 4. The number of hydrogen-bond acceptors (Lipinski definition) is 3. The number of allylic oxidation sites excluding steroid dienone is 9. The summed E-state index contributed by atoms with van der Waals surface area (Å²) >= 11 is 0. The Morgan fingerprint density at radius 3 is 1.65 bits per heavy atom. The second kappa shape index (κ2) is 16.3. The van der Waals surface area contributed by atoms with Crippen molar-refractivity contribution in [1.29, 1.82) is 0 Å². The van der Waals surface area contributed by atoms with Crippen LogP contribution in [0.1, 0.15) is 70.9 Å². The molecule has 0 radical (unpaired) electrons. The highest BCUT2D eigenvalue weighted by atomic mass is 15.1. The van der Waals surface area contributed by atoms with Gasteiger partial charge in [-0.25, -0.2) is 0 Å². The molecule has 4 aromatic rings. The first kappa shape index (κ1) is 36.7. The van der Waals surface area contributed by atoms with Gasteiger partial charge in [-0.1, -0.05) is 120 Å². The predicted molar refractivity (Wildman–Crippen MR) is 215 cm³/mol. The molecule has 0 bridgehead atoms. The Morgan fingerprint density at radius 2 is 1.16 bits per heavy atom. The summed E-state index contributed by atoms with van der Waals surface area (Å²) in [6, 6.07) is 30.2. The van der Waals surface area contributed by atoms with E-state index in [0.717, 1.165) is 39.6 Å². The third-order valence-electron chi connectivity index (χ3n) is 8.43. The van der Waals surface area contributed by atoms with Crippen LogP contribution in [0.25, 0.3) is 5.57 Å². The Morgan fingerprint density at radius 1 is 0.653 bits per heavy atom. The molecular formula is C46H53N3. The Bertz CT molecular complexity index is 1820. The molecule has 252 valence electrons. The highest BCUT2D eigenvalue weighted by molar-refractivity contribution is 5.77. The zero-order valence-corrected chi connectivity index (χ0v) is 30.9. The van der Waals surface area contributed by atoms with Crippen LogP contribution in [0.3, 0.4) is 0 Å². The van der Waals surface area contributed by atoms with Gasteiger partial charge in [0, 0.05) is 35.2 Å². The summed E-state index contributed by atoms with van der Waals surface area (Å²) in [6.45, 7) is 23.8. The largest absolute Gasteiger partial charge is 0.317 e. The minimum atomic E-state index is 0.0556. The van der Waals surface area contributed by atoms with Crippen LogP contribution in [0.15, 0.2) is 158 Å². The van der Waals surface area contributed by atoms with Crippen LogP contribution in [0.4, 0.5) is 22.7 Å². The summed E-state index contributed by atoms with van der Waals surface area (Å²) in [6.07, 6.45) is 20.9. The lowest BCUT2D eigenvalue weighted by molar-refractivity contribution is 0.517. The van der Waals surface area contributed by atoms with Gasteiger partial charge in [-0.3, -0.25) is 4.98 Å². The number of rotatable bonds is 11. The molecule has 0 atom stereocenters. The number of aromatic nitrogens is 1. The minimum absolute atomic E-state index is 0.0556. The van der Waals surface area contributed by atoms with E-state index in [1.807, 2.05) is 25.3 Å². The predicted octanol–water partition coefficient (Wildman–Crippen LogP) is 13.1. The smallest absolute Gasteiger partial charge is 0.0639 e. The van der Waals surface area contributed by atoms with Crippen LogP contribution in [0.2, 0.25) is 0 Å². The second-order valence-electron chi connectivity index (χ2n) is 14.5. The highest BCUT2D eigenvalue weighted by Gasteiger charge is 2.15. The second-order valence-corrected chi connectivity index (χ2v) is 14.5. The van der Waals surface area contributed by atoms with E-state index >= 15 is 0 Å². The molecule has 0 saturated heterocycles. The first-order valence-electron chi connectivity index (χ1n) is 17.1. The molecule has 0 amide bonds. The number of benzene rings is 3. The molecule has 3 heteroatoms. The summed E-state index contributed by atoms with van der Waals surface area (Å²) < 4.78 is 0. The quantitative estimate of drug-likeness (QED) is 0.151. The van der Waals surface area contributed by atoms with Crippen molar-refractivity contribution in [3.05, 3.63) is 181 Å². The summed E-state index contributed by atoms with van der Waals surface area (Å²) in [5, 5.41) is 0.